The van der Waals surface area contributed by atoms with E-state index in [0.717, 1.165) is 35.1 Å². The van der Waals surface area contributed by atoms with Gasteiger partial charge in [0.1, 0.15) is 11.6 Å². The summed E-state index contributed by atoms with van der Waals surface area (Å²) in [6.45, 7) is 13.1. The fourth-order valence-corrected chi connectivity index (χ4v) is 5.15. The lowest BCUT2D eigenvalue weighted by Crippen LogP contribution is -2.33. The number of amides is 1. The van der Waals surface area contributed by atoms with E-state index in [-0.39, 0.29) is 22.5 Å². The topological polar surface area (TPSA) is 94.2 Å². The Morgan fingerprint density at radius 1 is 1.03 bits per heavy atom. The summed E-state index contributed by atoms with van der Waals surface area (Å²) >= 11 is 0. The molecule has 0 saturated heterocycles. The molecule has 188 valence electrons. The molecule has 4 aromatic rings. The standard InChI is InChI=1S/C28H33N5O3/c1-16-14-22(29-25-24(16)17(2)32-33(25)7)30-31-26(34)21-10-11-23(36-21)35-18-8-9-19-20(15-18)28(5,6)13-12-27(19,3)4/h8-11,14-15H,12-13H2,1-7H3,(H,29,30)(H,31,34). The Bertz CT molecular complexity index is 1480. The van der Waals surface area contributed by atoms with Crippen molar-refractivity contribution in [1.29, 1.82) is 0 Å². The molecular weight excluding hydrogens is 454 g/mol. The number of carbonyl (C=O) groups is 1. The van der Waals surface area contributed by atoms with Gasteiger partial charge >= 0.3 is 5.91 Å². The van der Waals surface area contributed by atoms with Gasteiger partial charge in [0.05, 0.1) is 5.69 Å². The van der Waals surface area contributed by atoms with Gasteiger partial charge in [-0.3, -0.25) is 20.3 Å². The fourth-order valence-electron chi connectivity index (χ4n) is 5.15. The van der Waals surface area contributed by atoms with Crippen LogP contribution in [0.3, 0.4) is 0 Å². The van der Waals surface area contributed by atoms with E-state index in [1.54, 1.807) is 16.8 Å². The van der Waals surface area contributed by atoms with Crippen LogP contribution in [0.2, 0.25) is 0 Å². The molecule has 0 fully saturated rings. The number of hydrogen-bond acceptors (Lipinski definition) is 6. The fraction of sp³-hybridized carbons (Fsp3) is 0.393. The van der Waals surface area contributed by atoms with Gasteiger partial charge < -0.3 is 9.15 Å². The molecule has 5 rings (SSSR count). The van der Waals surface area contributed by atoms with Crippen molar-refractivity contribution in [3.8, 4) is 11.7 Å². The molecule has 0 radical (unpaired) electrons. The van der Waals surface area contributed by atoms with Gasteiger partial charge in [0.25, 0.3) is 5.95 Å². The van der Waals surface area contributed by atoms with Gasteiger partial charge in [0.2, 0.25) is 0 Å². The molecule has 1 aliphatic carbocycles. The van der Waals surface area contributed by atoms with Crippen LogP contribution in [0, 0.1) is 13.8 Å². The highest BCUT2D eigenvalue weighted by Gasteiger charge is 2.37. The zero-order chi connectivity index (χ0) is 25.8. The van der Waals surface area contributed by atoms with Crippen LogP contribution < -0.4 is 15.6 Å². The smallest absolute Gasteiger partial charge is 0.305 e. The number of carbonyl (C=O) groups excluding carboxylic acids is 1. The Balaban J connectivity index is 1.29. The first-order valence-corrected chi connectivity index (χ1v) is 12.2. The van der Waals surface area contributed by atoms with E-state index in [9.17, 15) is 4.79 Å². The number of nitrogens with one attached hydrogen (secondary N) is 2. The molecule has 1 aliphatic rings. The number of hydrazine groups is 1. The summed E-state index contributed by atoms with van der Waals surface area (Å²) < 4.78 is 13.4. The third kappa shape index (κ3) is 4.21. The number of hydrogen-bond donors (Lipinski definition) is 2. The summed E-state index contributed by atoms with van der Waals surface area (Å²) in [6.07, 6.45) is 2.28. The van der Waals surface area contributed by atoms with Crippen molar-refractivity contribution >= 4 is 22.8 Å². The van der Waals surface area contributed by atoms with E-state index in [4.69, 9.17) is 9.15 Å². The molecule has 0 saturated carbocycles. The Labute approximate surface area is 211 Å². The number of anilines is 1. The minimum atomic E-state index is -0.432. The van der Waals surface area contributed by atoms with E-state index in [0.29, 0.717) is 11.6 Å². The number of fused-ring (bicyclic) bond motifs is 2. The van der Waals surface area contributed by atoms with Crippen molar-refractivity contribution in [2.24, 2.45) is 7.05 Å². The summed E-state index contributed by atoms with van der Waals surface area (Å²) in [6, 6.07) is 11.3. The average Bonchev–Trinajstić information content (AvgIpc) is 3.39. The van der Waals surface area contributed by atoms with Gasteiger partial charge in [-0.25, -0.2) is 4.98 Å². The number of furan rings is 1. The first-order chi connectivity index (χ1) is 16.9. The Hall–Kier alpha value is -3.81. The summed E-state index contributed by atoms with van der Waals surface area (Å²) in [5.74, 6) is 1.16. The first-order valence-electron chi connectivity index (χ1n) is 12.2. The highest BCUT2D eigenvalue weighted by Crippen LogP contribution is 2.47. The van der Waals surface area contributed by atoms with Crippen molar-refractivity contribution in [3.63, 3.8) is 0 Å². The highest BCUT2D eigenvalue weighted by molar-refractivity contribution is 5.92. The Morgan fingerprint density at radius 2 is 1.75 bits per heavy atom. The van der Waals surface area contributed by atoms with Gasteiger partial charge in [0, 0.05) is 18.5 Å². The number of aryl methyl sites for hydroxylation is 3. The second-order valence-electron chi connectivity index (χ2n) is 11.0. The van der Waals surface area contributed by atoms with Gasteiger partial charge in [-0.15, -0.1) is 0 Å². The Kier molecular flexibility index (Phi) is 5.58. The molecule has 1 amide bonds. The lowest BCUT2D eigenvalue weighted by atomic mass is 9.63. The molecule has 0 bridgehead atoms. The molecule has 0 spiro atoms. The number of aromatic nitrogens is 3. The van der Waals surface area contributed by atoms with E-state index in [1.807, 2.05) is 33.0 Å². The zero-order valence-corrected chi connectivity index (χ0v) is 21.9. The minimum absolute atomic E-state index is 0.0771. The molecule has 0 unspecified atom stereocenters. The SMILES string of the molecule is Cc1cc(NNC(=O)c2ccc(Oc3ccc4c(c3)C(C)(C)CCC4(C)C)o2)nc2c1c(C)nn2C. The van der Waals surface area contributed by atoms with Crippen LogP contribution in [0.1, 0.15) is 73.5 Å². The quantitative estimate of drug-likeness (QED) is 0.332. The van der Waals surface area contributed by atoms with Crippen LogP contribution in [0.15, 0.2) is 40.8 Å². The molecule has 1 aromatic carbocycles. The molecule has 8 heteroatoms. The number of benzene rings is 1. The highest BCUT2D eigenvalue weighted by atomic mass is 16.6. The van der Waals surface area contributed by atoms with Crippen molar-refractivity contribution in [2.75, 3.05) is 5.43 Å². The van der Waals surface area contributed by atoms with E-state index >= 15 is 0 Å². The van der Waals surface area contributed by atoms with Crippen molar-refractivity contribution in [3.05, 3.63) is 64.5 Å². The van der Waals surface area contributed by atoms with Crippen LogP contribution in [-0.4, -0.2) is 20.7 Å². The van der Waals surface area contributed by atoms with Crippen LogP contribution in [0.4, 0.5) is 5.82 Å². The van der Waals surface area contributed by atoms with Crippen LogP contribution in [0.25, 0.3) is 11.0 Å². The molecule has 36 heavy (non-hydrogen) atoms. The monoisotopic (exact) mass is 487 g/mol. The summed E-state index contributed by atoms with van der Waals surface area (Å²) in [4.78, 5) is 17.2. The first kappa shape index (κ1) is 23.9. The predicted molar refractivity (Wildman–Crippen MR) is 140 cm³/mol. The second-order valence-corrected chi connectivity index (χ2v) is 11.0. The maximum atomic E-state index is 12.7. The maximum absolute atomic E-state index is 12.7. The van der Waals surface area contributed by atoms with Gasteiger partial charge in [-0.2, -0.15) is 5.10 Å². The summed E-state index contributed by atoms with van der Waals surface area (Å²) in [5, 5.41) is 5.43. The number of ether oxygens (including phenoxy) is 1. The van der Waals surface area contributed by atoms with Crippen LogP contribution in [-0.2, 0) is 17.9 Å². The van der Waals surface area contributed by atoms with Crippen LogP contribution in [0.5, 0.6) is 11.7 Å². The molecule has 3 heterocycles. The lowest BCUT2D eigenvalue weighted by Gasteiger charge is -2.41. The zero-order valence-electron chi connectivity index (χ0n) is 21.9. The van der Waals surface area contributed by atoms with Gasteiger partial charge in [0.15, 0.2) is 11.4 Å². The normalized spacial score (nSPS) is 16.0. The maximum Gasteiger partial charge on any atom is 0.305 e. The minimum Gasteiger partial charge on any atom is -0.426 e. The molecule has 2 N–H and O–H groups in total. The third-order valence-corrected chi connectivity index (χ3v) is 7.32. The molecule has 8 nitrogen and oxygen atoms in total. The van der Waals surface area contributed by atoms with Crippen molar-refractivity contribution in [2.45, 2.75) is 65.2 Å². The van der Waals surface area contributed by atoms with E-state index < -0.39 is 5.91 Å². The van der Waals surface area contributed by atoms with E-state index in [1.165, 1.54) is 11.1 Å². The van der Waals surface area contributed by atoms with Crippen molar-refractivity contribution < 1.29 is 13.9 Å². The van der Waals surface area contributed by atoms with E-state index in [2.05, 4.69) is 60.8 Å². The van der Waals surface area contributed by atoms with Crippen LogP contribution >= 0.6 is 0 Å². The van der Waals surface area contributed by atoms with Crippen molar-refractivity contribution in [1.82, 2.24) is 20.2 Å². The molecular formula is C28H33N5O3. The number of nitrogens with zero attached hydrogens (tertiary/aromatic N) is 3. The average molecular weight is 488 g/mol. The molecule has 0 aliphatic heterocycles. The molecule has 3 aromatic heterocycles. The Morgan fingerprint density at radius 3 is 2.50 bits per heavy atom. The summed E-state index contributed by atoms with van der Waals surface area (Å²) in [7, 11) is 1.85. The predicted octanol–water partition coefficient (Wildman–Crippen LogP) is 6.08. The number of pyridine rings is 1. The third-order valence-electron chi connectivity index (χ3n) is 7.32. The molecule has 0 atom stereocenters. The lowest BCUT2D eigenvalue weighted by molar-refractivity contribution is 0.0930. The summed E-state index contributed by atoms with van der Waals surface area (Å²) in [5.41, 5.74) is 11.1. The largest absolute Gasteiger partial charge is 0.426 e. The second kappa shape index (κ2) is 8.40. The van der Waals surface area contributed by atoms with Gasteiger partial charge in [-0.1, -0.05) is 33.8 Å². The van der Waals surface area contributed by atoms with Gasteiger partial charge in [-0.05, 0) is 78.5 Å². The number of rotatable bonds is 5.